The Morgan fingerprint density at radius 3 is 2.57 bits per heavy atom. The zero-order chi connectivity index (χ0) is 21.3. The summed E-state index contributed by atoms with van der Waals surface area (Å²) < 4.78 is 7.20. The summed E-state index contributed by atoms with van der Waals surface area (Å²) in [5, 5.41) is 22.8. The Morgan fingerprint density at radius 1 is 1.13 bits per heavy atom. The second-order valence-corrected chi connectivity index (χ2v) is 8.47. The molecular formula is C21H26N8O. The van der Waals surface area contributed by atoms with Crippen LogP contribution in [0, 0.1) is 11.3 Å². The van der Waals surface area contributed by atoms with Crippen LogP contribution in [0.5, 0.6) is 5.75 Å². The van der Waals surface area contributed by atoms with Gasteiger partial charge in [-0.2, -0.15) is 5.26 Å². The number of rotatable bonds is 4. The van der Waals surface area contributed by atoms with E-state index in [-0.39, 0.29) is 5.54 Å². The number of tetrazole rings is 1. The topological polar surface area (TPSA) is 96.0 Å². The molecule has 3 heterocycles. The largest absolute Gasteiger partial charge is 0.497 e. The van der Waals surface area contributed by atoms with Crippen molar-refractivity contribution in [2.24, 2.45) is 0 Å². The lowest BCUT2D eigenvalue weighted by atomic mass is 10.1. The summed E-state index contributed by atoms with van der Waals surface area (Å²) in [5.41, 5.74) is 1.27. The lowest BCUT2D eigenvalue weighted by Gasteiger charge is -2.35. The van der Waals surface area contributed by atoms with Crippen molar-refractivity contribution < 1.29 is 4.74 Å². The van der Waals surface area contributed by atoms with Gasteiger partial charge in [-0.05, 0) is 49.4 Å². The summed E-state index contributed by atoms with van der Waals surface area (Å²) >= 11 is 0. The Balaban J connectivity index is 1.51. The highest BCUT2D eigenvalue weighted by Gasteiger charge is 2.25. The van der Waals surface area contributed by atoms with Crippen LogP contribution >= 0.6 is 0 Å². The number of aromatic nitrogens is 5. The van der Waals surface area contributed by atoms with Crippen LogP contribution in [0.4, 0.5) is 5.82 Å². The van der Waals surface area contributed by atoms with E-state index in [0.717, 1.165) is 54.5 Å². The van der Waals surface area contributed by atoms with Crippen molar-refractivity contribution in [2.75, 3.05) is 38.2 Å². The van der Waals surface area contributed by atoms with Crippen LogP contribution in [0.3, 0.4) is 0 Å². The van der Waals surface area contributed by atoms with Crippen molar-refractivity contribution >= 4 is 16.7 Å². The van der Waals surface area contributed by atoms with E-state index in [1.54, 1.807) is 7.11 Å². The Hall–Kier alpha value is -3.25. The van der Waals surface area contributed by atoms with Crippen molar-refractivity contribution in [1.82, 2.24) is 30.1 Å². The molecule has 9 nitrogen and oxygen atoms in total. The van der Waals surface area contributed by atoms with Gasteiger partial charge in [-0.1, -0.05) is 0 Å². The van der Waals surface area contributed by atoms with Gasteiger partial charge in [0.05, 0.1) is 30.3 Å². The molecule has 1 aliphatic heterocycles. The van der Waals surface area contributed by atoms with Crippen LogP contribution in [0.15, 0.2) is 24.3 Å². The Bertz CT molecular complexity index is 1090. The number of anilines is 1. The third-order valence-corrected chi connectivity index (χ3v) is 5.33. The van der Waals surface area contributed by atoms with Crippen LogP contribution in [-0.4, -0.2) is 63.4 Å². The fourth-order valence-electron chi connectivity index (χ4n) is 3.73. The average Bonchev–Trinajstić information content (AvgIpc) is 3.21. The lowest BCUT2D eigenvalue weighted by Crippen LogP contribution is -2.47. The first kappa shape index (κ1) is 20.0. The Labute approximate surface area is 175 Å². The van der Waals surface area contributed by atoms with Gasteiger partial charge >= 0.3 is 0 Å². The zero-order valence-electron chi connectivity index (χ0n) is 17.8. The minimum atomic E-state index is -0.154. The van der Waals surface area contributed by atoms with E-state index < -0.39 is 0 Å². The number of nitrogens with zero attached hydrogens (tertiary/aromatic N) is 8. The van der Waals surface area contributed by atoms with Gasteiger partial charge in [0.1, 0.15) is 17.6 Å². The molecule has 30 heavy (non-hydrogen) atoms. The predicted molar refractivity (Wildman–Crippen MR) is 113 cm³/mol. The van der Waals surface area contributed by atoms with Crippen molar-refractivity contribution in [3.8, 4) is 11.8 Å². The summed E-state index contributed by atoms with van der Waals surface area (Å²) in [6, 6.07) is 9.93. The molecule has 3 aromatic rings. The molecule has 1 aliphatic rings. The fraction of sp³-hybridized carbons (Fsp3) is 0.476. The van der Waals surface area contributed by atoms with E-state index in [9.17, 15) is 5.26 Å². The van der Waals surface area contributed by atoms with Gasteiger partial charge in [-0.3, -0.25) is 4.90 Å². The number of pyridine rings is 1. The highest BCUT2D eigenvalue weighted by Crippen LogP contribution is 2.27. The van der Waals surface area contributed by atoms with Gasteiger partial charge in [-0.15, -0.1) is 5.10 Å². The van der Waals surface area contributed by atoms with Gasteiger partial charge in [0.2, 0.25) is 0 Å². The van der Waals surface area contributed by atoms with Crippen molar-refractivity contribution in [3.05, 3.63) is 35.7 Å². The number of ether oxygens (including phenoxy) is 1. The van der Waals surface area contributed by atoms with Crippen LogP contribution in [0.25, 0.3) is 10.9 Å². The first-order chi connectivity index (χ1) is 14.4. The molecule has 1 aromatic carbocycles. The van der Waals surface area contributed by atoms with E-state index in [1.807, 2.05) is 28.9 Å². The van der Waals surface area contributed by atoms with Crippen molar-refractivity contribution in [2.45, 2.75) is 32.9 Å². The van der Waals surface area contributed by atoms with E-state index in [2.05, 4.69) is 52.2 Å². The zero-order valence-corrected chi connectivity index (χ0v) is 17.8. The summed E-state index contributed by atoms with van der Waals surface area (Å²) in [7, 11) is 1.64. The molecule has 0 unspecified atom stereocenters. The number of piperazine rings is 1. The maximum atomic E-state index is 9.66. The molecule has 1 saturated heterocycles. The quantitative estimate of drug-likeness (QED) is 0.650. The third-order valence-electron chi connectivity index (χ3n) is 5.33. The number of benzene rings is 1. The maximum absolute atomic E-state index is 9.66. The lowest BCUT2D eigenvalue weighted by molar-refractivity contribution is 0.227. The summed E-state index contributed by atoms with van der Waals surface area (Å²) in [5.74, 6) is 2.36. The monoisotopic (exact) mass is 406 g/mol. The third kappa shape index (κ3) is 3.91. The molecule has 0 atom stereocenters. The fourth-order valence-corrected chi connectivity index (χ4v) is 3.73. The number of hydrogen-bond donors (Lipinski definition) is 0. The van der Waals surface area contributed by atoms with E-state index in [4.69, 9.17) is 9.72 Å². The normalized spacial score (nSPS) is 15.4. The molecule has 0 radical (unpaired) electrons. The molecule has 0 bridgehead atoms. The molecule has 0 N–H and O–H groups in total. The van der Waals surface area contributed by atoms with Crippen molar-refractivity contribution in [3.63, 3.8) is 0 Å². The molecule has 2 aromatic heterocycles. The molecule has 0 aliphatic carbocycles. The second-order valence-electron chi connectivity index (χ2n) is 8.47. The highest BCUT2D eigenvalue weighted by atomic mass is 16.5. The second kappa shape index (κ2) is 7.88. The number of methoxy groups -OCH3 is 1. The van der Waals surface area contributed by atoms with Gasteiger partial charge in [0, 0.05) is 37.6 Å². The predicted octanol–water partition coefficient (Wildman–Crippen LogP) is 2.18. The SMILES string of the molecule is COc1ccc2cc(C#N)c(N3CCN(Cc4nnnn4C(C)(C)C)CC3)nc2c1. The van der Waals surface area contributed by atoms with Crippen molar-refractivity contribution in [1.29, 1.82) is 5.26 Å². The van der Waals surface area contributed by atoms with Gasteiger partial charge < -0.3 is 9.64 Å². The number of nitriles is 1. The van der Waals surface area contributed by atoms with Gasteiger partial charge in [0.25, 0.3) is 0 Å². The number of fused-ring (bicyclic) bond motifs is 1. The van der Waals surface area contributed by atoms with E-state index in [1.165, 1.54) is 0 Å². The van der Waals surface area contributed by atoms with Crippen LogP contribution in [-0.2, 0) is 12.1 Å². The molecule has 156 valence electrons. The summed E-state index contributed by atoms with van der Waals surface area (Å²) in [4.78, 5) is 9.31. The minimum absolute atomic E-state index is 0.154. The minimum Gasteiger partial charge on any atom is -0.497 e. The molecule has 4 rings (SSSR count). The molecule has 1 fully saturated rings. The standard InChI is InChI=1S/C21H26N8O/c1-21(2,3)29-19(24-25-26-29)14-27-7-9-28(10-8-27)20-16(13-22)11-15-5-6-17(30-4)12-18(15)23-20/h5-6,11-12H,7-10,14H2,1-4H3. The Morgan fingerprint density at radius 2 is 1.90 bits per heavy atom. The molecule has 9 heteroatoms. The maximum Gasteiger partial charge on any atom is 0.165 e. The highest BCUT2D eigenvalue weighted by molar-refractivity contribution is 5.84. The number of hydrogen-bond acceptors (Lipinski definition) is 8. The molecule has 0 amide bonds. The molecule has 0 saturated carbocycles. The van der Waals surface area contributed by atoms with Crippen LogP contribution in [0.2, 0.25) is 0 Å². The summed E-state index contributed by atoms with van der Waals surface area (Å²) in [6.45, 7) is 10.2. The van der Waals surface area contributed by atoms with E-state index >= 15 is 0 Å². The van der Waals surface area contributed by atoms with Gasteiger partial charge in [-0.25, -0.2) is 9.67 Å². The van der Waals surface area contributed by atoms with Crippen LogP contribution < -0.4 is 9.64 Å². The summed E-state index contributed by atoms with van der Waals surface area (Å²) in [6.07, 6.45) is 0. The molecular weight excluding hydrogens is 380 g/mol. The van der Waals surface area contributed by atoms with Crippen LogP contribution in [0.1, 0.15) is 32.2 Å². The van der Waals surface area contributed by atoms with E-state index in [0.29, 0.717) is 12.1 Å². The molecule has 0 spiro atoms. The first-order valence-electron chi connectivity index (χ1n) is 10.0. The van der Waals surface area contributed by atoms with Gasteiger partial charge in [0.15, 0.2) is 5.82 Å². The first-order valence-corrected chi connectivity index (χ1v) is 10.0. The smallest absolute Gasteiger partial charge is 0.165 e. The Kier molecular flexibility index (Phi) is 5.26. The average molecular weight is 406 g/mol.